The first-order chi connectivity index (χ1) is 7.47. The maximum atomic E-state index is 10.2. The van der Waals surface area contributed by atoms with E-state index in [1.165, 1.54) is 0 Å². The van der Waals surface area contributed by atoms with E-state index in [9.17, 15) is 20.4 Å². The molecule has 1 heterocycles. The lowest BCUT2D eigenvalue weighted by atomic mass is 9.85. The molecule has 0 bridgehead atoms. The standard InChI is InChI=1S/C10H20O6/c1-2-3-4-10(15)7(13)9(14)16-8(10)6(12)5-11/h6-9,11-15H,2-5H2,1H3/t6-,7+,8-,9+,10-/m1/s1. The Balaban J connectivity index is 2.81. The largest absolute Gasteiger partial charge is 0.394 e. The fourth-order valence-electron chi connectivity index (χ4n) is 2.03. The molecule has 0 aromatic heterocycles. The molecule has 0 spiro atoms. The van der Waals surface area contributed by atoms with Gasteiger partial charge in [-0.2, -0.15) is 0 Å². The van der Waals surface area contributed by atoms with Crippen molar-refractivity contribution in [2.24, 2.45) is 0 Å². The zero-order valence-electron chi connectivity index (χ0n) is 9.28. The molecule has 6 heteroatoms. The number of rotatable bonds is 5. The molecule has 0 aromatic carbocycles. The number of hydrogen-bond acceptors (Lipinski definition) is 6. The van der Waals surface area contributed by atoms with Crippen LogP contribution in [0.3, 0.4) is 0 Å². The summed E-state index contributed by atoms with van der Waals surface area (Å²) in [6, 6.07) is 0. The van der Waals surface area contributed by atoms with Crippen molar-refractivity contribution in [3.8, 4) is 0 Å². The van der Waals surface area contributed by atoms with Gasteiger partial charge in [-0.15, -0.1) is 0 Å². The molecule has 5 atom stereocenters. The number of aliphatic hydroxyl groups is 5. The Hall–Kier alpha value is -0.240. The van der Waals surface area contributed by atoms with Crippen LogP contribution in [0.5, 0.6) is 0 Å². The lowest BCUT2D eigenvalue weighted by molar-refractivity contribution is -0.155. The number of unbranched alkanes of at least 4 members (excludes halogenated alkanes) is 1. The highest BCUT2D eigenvalue weighted by atomic mass is 16.7. The maximum absolute atomic E-state index is 10.2. The van der Waals surface area contributed by atoms with E-state index >= 15 is 0 Å². The summed E-state index contributed by atoms with van der Waals surface area (Å²) in [5.74, 6) is 0. The van der Waals surface area contributed by atoms with Crippen LogP contribution in [-0.4, -0.2) is 62.3 Å². The Kier molecular flexibility index (Phi) is 4.66. The van der Waals surface area contributed by atoms with E-state index in [0.717, 1.165) is 6.42 Å². The van der Waals surface area contributed by atoms with E-state index in [0.29, 0.717) is 6.42 Å². The van der Waals surface area contributed by atoms with Crippen LogP contribution in [0.1, 0.15) is 26.2 Å². The first kappa shape index (κ1) is 13.8. The fourth-order valence-corrected chi connectivity index (χ4v) is 2.03. The third kappa shape index (κ3) is 2.37. The number of aliphatic hydroxyl groups excluding tert-OH is 4. The lowest BCUT2D eigenvalue weighted by Crippen LogP contribution is -2.53. The van der Waals surface area contributed by atoms with Crippen molar-refractivity contribution in [1.29, 1.82) is 0 Å². The monoisotopic (exact) mass is 236 g/mol. The molecule has 1 rings (SSSR count). The lowest BCUT2D eigenvalue weighted by Gasteiger charge is -2.32. The van der Waals surface area contributed by atoms with Gasteiger partial charge in [-0.05, 0) is 6.42 Å². The molecule has 96 valence electrons. The molecule has 0 aromatic rings. The predicted octanol–water partition coefficient (Wildman–Crippen LogP) is -1.66. The topological polar surface area (TPSA) is 110 Å². The molecule has 6 nitrogen and oxygen atoms in total. The molecule has 0 radical (unpaired) electrons. The smallest absolute Gasteiger partial charge is 0.184 e. The minimum absolute atomic E-state index is 0.198. The fraction of sp³-hybridized carbons (Fsp3) is 1.00. The number of hydrogen-bond donors (Lipinski definition) is 5. The Morgan fingerprint density at radius 3 is 2.50 bits per heavy atom. The van der Waals surface area contributed by atoms with Crippen LogP contribution in [-0.2, 0) is 4.74 Å². The van der Waals surface area contributed by atoms with Gasteiger partial charge in [0.05, 0.1) is 6.61 Å². The van der Waals surface area contributed by atoms with Gasteiger partial charge in [-0.1, -0.05) is 19.8 Å². The second-order valence-electron chi connectivity index (χ2n) is 4.24. The van der Waals surface area contributed by atoms with Crippen molar-refractivity contribution in [3.63, 3.8) is 0 Å². The summed E-state index contributed by atoms with van der Waals surface area (Å²) in [7, 11) is 0. The van der Waals surface area contributed by atoms with E-state index in [-0.39, 0.29) is 6.42 Å². The average Bonchev–Trinajstić information content (AvgIpc) is 2.51. The Morgan fingerprint density at radius 2 is 2.00 bits per heavy atom. The molecule has 1 saturated heterocycles. The molecule has 0 amide bonds. The molecule has 16 heavy (non-hydrogen) atoms. The quantitative estimate of drug-likeness (QED) is 0.391. The van der Waals surface area contributed by atoms with Crippen LogP contribution in [0.25, 0.3) is 0 Å². The van der Waals surface area contributed by atoms with Gasteiger partial charge in [0.15, 0.2) is 6.29 Å². The normalized spacial score (nSPS) is 41.2. The van der Waals surface area contributed by atoms with Crippen molar-refractivity contribution >= 4 is 0 Å². The summed E-state index contributed by atoms with van der Waals surface area (Å²) in [6.45, 7) is 1.32. The maximum Gasteiger partial charge on any atom is 0.184 e. The molecular weight excluding hydrogens is 216 g/mol. The first-order valence-electron chi connectivity index (χ1n) is 5.50. The van der Waals surface area contributed by atoms with E-state index < -0.39 is 36.8 Å². The molecular formula is C10H20O6. The summed E-state index contributed by atoms with van der Waals surface area (Å²) in [5.41, 5.74) is -1.71. The third-order valence-corrected chi connectivity index (χ3v) is 3.03. The van der Waals surface area contributed by atoms with E-state index in [1.54, 1.807) is 0 Å². The van der Waals surface area contributed by atoms with Crippen molar-refractivity contribution in [2.45, 2.75) is 56.4 Å². The second-order valence-corrected chi connectivity index (χ2v) is 4.24. The molecule has 1 fully saturated rings. The highest BCUT2D eigenvalue weighted by molar-refractivity contribution is 5.03. The molecule has 5 N–H and O–H groups in total. The third-order valence-electron chi connectivity index (χ3n) is 3.03. The van der Waals surface area contributed by atoms with Crippen LogP contribution in [0.2, 0.25) is 0 Å². The molecule has 1 aliphatic heterocycles. The van der Waals surface area contributed by atoms with E-state index in [1.807, 2.05) is 6.92 Å². The van der Waals surface area contributed by atoms with Gasteiger partial charge in [0.1, 0.15) is 23.9 Å². The zero-order chi connectivity index (χ0) is 12.3. The van der Waals surface area contributed by atoms with Gasteiger partial charge in [0.2, 0.25) is 0 Å². The summed E-state index contributed by atoms with van der Waals surface area (Å²) >= 11 is 0. The zero-order valence-corrected chi connectivity index (χ0v) is 9.28. The highest BCUT2D eigenvalue weighted by Crippen LogP contribution is 2.36. The van der Waals surface area contributed by atoms with E-state index in [2.05, 4.69) is 0 Å². The first-order valence-corrected chi connectivity index (χ1v) is 5.50. The number of ether oxygens (including phenoxy) is 1. The van der Waals surface area contributed by atoms with E-state index in [4.69, 9.17) is 9.84 Å². The second kappa shape index (κ2) is 5.39. The molecule has 0 unspecified atom stereocenters. The van der Waals surface area contributed by atoms with Crippen molar-refractivity contribution < 1.29 is 30.3 Å². The van der Waals surface area contributed by atoms with Gasteiger partial charge < -0.3 is 30.3 Å². The molecule has 0 aliphatic carbocycles. The Labute approximate surface area is 94.1 Å². The average molecular weight is 236 g/mol. The van der Waals surface area contributed by atoms with Gasteiger partial charge in [0.25, 0.3) is 0 Å². The Bertz CT molecular complexity index is 223. The minimum Gasteiger partial charge on any atom is -0.394 e. The van der Waals surface area contributed by atoms with Crippen LogP contribution < -0.4 is 0 Å². The summed E-state index contributed by atoms with van der Waals surface area (Å²) in [5, 5.41) is 47.5. The SMILES string of the molecule is CCCC[C@]1(O)[C@@H]([C@H](O)CO)O[C@H](O)[C@@H]1O. The van der Waals surface area contributed by atoms with Gasteiger partial charge in [-0.3, -0.25) is 0 Å². The van der Waals surface area contributed by atoms with Crippen molar-refractivity contribution in [3.05, 3.63) is 0 Å². The summed E-state index contributed by atoms with van der Waals surface area (Å²) < 4.78 is 4.88. The van der Waals surface area contributed by atoms with Crippen LogP contribution >= 0.6 is 0 Å². The molecule has 0 saturated carbocycles. The van der Waals surface area contributed by atoms with Crippen LogP contribution in [0.15, 0.2) is 0 Å². The minimum atomic E-state index is -1.71. The predicted molar refractivity (Wildman–Crippen MR) is 54.5 cm³/mol. The summed E-state index contributed by atoms with van der Waals surface area (Å²) in [4.78, 5) is 0. The van der Waals surface area contributed by atoms with Gasteiger partial charge in [0, 0.05) is 0 Å². The Morgan fingerprint density at radius 1 is 1.38 bits per heavy atom. The van der Waals surface area contributed by atoms with Crippen LogP contribution in [0.4, 0.5) is 0 Å². The van der Waals surface area contributed by atoms with Crippen LogP contribution in [0, 0.1) is 0 Å². The highest BCUT2D eigenvalue weighted by Gasteiger charge is 2.56. The van der Waals surface area contributed by atoms with Crippen molar-refractivity contribution in [1.82, 2.24) is 0 Å². The summed E-state index contributed by atoms with van der Waals surface area (Å²) in [6.07, 6.45) is -3.88. The molecule has 1 aliphatic rings. The van der Waals surface area contributed by atoms with Crippen molar-refractivity contribution in [2.75, 3.05) is 6.61 Å². The van der Waals surface area contributed by atoms with Gasteiger partial charge >= 0.3 is 0 Å². The van der Waals surface area contributed by atoms with Gasteiger partial charge in [-0.25, -0.2) is 0 Å².